The number of rotatable bonds is 4. The van der Waals surface area contributed by atoms with Crippen LogP contribution in [0.1, 0.15) is 48.8 Å². The predicted octanol–water partition coefficient (Wildman–Crippen LogP) is 4.30. The third-order valence-electron chi connectivity index (χ3n) is 6.40. The Kier molecular flexibility index (Phi) is 8.42. The molecule has 0 aliphatic heterocycles. The van der Waals surface area contributed by atoms with Crippen molar-refractivity contribution in [2.24, 2.45) is 13.0 Å². The summed E-state index contributed by atoms with van der Waals surface area (Å²) in [5.41, 5.74) is -2.72. The van der Waals surface area contributed by atoms with E-state index >= 15 is 0 Å². The molecule has 0 radical (unpaired) electrons. The number of benzene rings is 2. The molecule has 1 N–H and O–H groups in total. The van der Waals surface area contributed by atoms with Crippen molar-refractivity contribution in [1.82, 2.24) is 9.13 Å². The Bertz CT molecular complexity index is 1460. The van der Waals surface area contributed by atoms with Crippen molar-refractivity contribution in [3.8, 4) is 11.8 Å². The number of aromatic nitrogens is 2. The van der Waals surface area contributed by atoms with E-state index in [1.54, 1.807) is 18.2 Å². The van der Waals surface area contributed by atoms with Gasteiger partial charge in [0.1, 0.15) is 17.2 Å². The first-order valence-electron chi connectivity index (χ1n) is 11.6. The summed E-state index contributed by atoms with van der Waals surface area (Å²) in [6, 6.07) is 9.52. The topological polar surface area (TPSA) is 114 Å². The number of nitrogens with zero attached hydrogens (tertiary/aromatic N) is 3. The van der Waals surface area contributed by atoms with Crippen LogP contribution in [-0.4, -0.2) is 27.3 Å². The summed E-state index contributed by atoms with van der Waals surface area (Å²) >= 11 is 0. The van der Waals surface area contributed by atoms with Gasteiger partial charge in [0.2, 0.25) is 0 Å². The van der Waals surface area contributed by atoms with Crippen LogP contribution in [0.4, 0.5) is 13.2 Å². The first-order chi connectivity index (χ1) is 17.5. The summed E-state index contributed by atoms with van der Waals surface area (Å²) in [5, 5.41) is 18.0. The van der Waals surface area contributed by atoms with Crippen molar-refractivity contribution in [1.29, 1.82) is 5.26 Å². The normalized spacial score (nSPS) is 13.9. The number of hydrogen-bond donors (Lipinski definition) is 1. The molecule has 3 aromatic rings. The van der Waals surface area contributed by atoms with Crippen LogP contribution < -0.4 is 16.0 Å². The minimum absolute atomic E-state index is 0.0159. The van der Waals surface area contributed by atoms with E-state index in [1.807, 2.05) is 0 Å². The van der Waals surface area contributed by atoms with Gasteiger partial charge in [-0.25, -0.2) is 4.79 Å². The number of aliphatic carboxylic acids is 1. The lowest BCUT2D eigenvalue weighted by molar-refractivity contribution is -0.142. The summed E-state index contributed by atoms with van der Waals surface area (Å²) in [7, 11) is 2.63. The van der Waals surface area contributed by atoms with Gasteiger partial charge in [-0.05, 0) is 36.6 Å². The molecule has 2 aromatic carbocycles. The van der Waals surface area contributed by atoms with Gasteiger partial charge < -0.3 is 9.84 Å². The molecule has 1 fully saturated rings. The zero-order chi connectivity index (χ0) is 27.3. The highest BCUT2D eigenvalue weighted by molar-refractivity contribution is 5.84. The highest BCUT2D eigenvalue weighted by Crippen LogP contribution is 2.33. The molecule has 4 rings (SSSR count). The SMILES string of the molecule is COc1cccc2c1c(=O)n(C)c(=O)n2Cc1cccc(C(F)(F)F)c1C#N.O=C(O)C1CCCCC1. The van der Waals surface area contributed by atoms with Crippen LogP contribution in [-0.2, 0) is 24.6 Å². The Balaban J connectivity index is 0.000000356. The molecule has 0 atom stereocenters. The Morgan fingerprint density at radius 3 is 2.32 bits per heavy atom. The number of carbonyl (C=O) groups is 1. The fraction of sp³-hybridized carbons (Fsp3) is 0.385. The summed E-state index contributed by atoms with van der Waals surface area (Å²) < 4.78 is 46.8. The van der Waals surface area contributed by atoms with Crippen molar-refractivity contribution < 1.29 is 27.8 Å². The Hall–Kier alpha value is -4.07. The number of carboxylic acid groups (broad SMARTS) is 1. The Morgan fingerprint density at radius 1 is 1.14 bits per heavy atom. The molecular weight excluding hydrogens is 491 g/mol. The minimum atomic E-state index is -4.71. The van der Waals surface area contributed by atoms with Gasteiger partial charge in [-0.2, -0.15) is 18.4 Å². The first kappa shape index (κ1) is 27.5. The molecule has 0 amide bonds. The standard InChI is InChI=1S/C19H14F3N3O3.C7H12O2/c1-24-17(26)16-14(7-4-8-15(16)28-2)25(18(24)27)10-11-5-3-6-13(12(11)9-23)19(20,21)22;8-7(9)6-4-2-1-3-5-6/h3-8H,10H2,1-2H3;6H,1-5H2,(H,8,9). The van der Waals surface area contributed by atoms with Crippen LogP contribution in [0.15, 0.2) is 46.0 Å². The molecule has 11 heteroatoms. The van der Waals surface area contributed by atoms with Gasteiger partial charge in [0.05, 0.1) is 36.2 Å². The van der Waals surface area contributed by atoms with Crippen LogP contribution >= 0.6 is 0 Å². The molecule has 1 aliphatic carbocycles. The molecular formula is C26H26F3N3O5. The van der Waals surface area contributed by atoms with Crippen molar-refractivity contribution in [3.05, 3.63) is 73.9 Å². The van der Waals surface area contributed by atoms with Crippen molar-refractivity contribution in [3.63, 3.8) is 0 Å². The number of methoxy groups -OCH3 is 1. The summed E-state index contributed by atoms with van der Waals surface area (Å²) in [5.74, 6) is -0.398. The second-order valence-electron chi connectivity index (χ2n) is 8.71. The van der Waals surface area contributed by atoms with E-state index in [2.05, 4.69) is 0 Å². The molecule has 37 heavy (non-hydrogen) atoms. The maximum Gasteiger partial charge on any atom is 0.417 e. The van der Waals surface area contributed by atoms with Crippen LogP contribution in [0.25, 0.3) is 10.9 Å². The second kappa shape index (κ2) is 11.3. The van der Waals surface area contributed by atoms with E-state index in [0.717, 1.165) is 40.9 Å². The first-order valence-corrected chi connectivity index (χ1v) is 11.6. The van der Waals surface area contributed by atoms with E-state index in [-0.39, 0.29) is 34.7 Å². The van der Waals surface area contributed by atoms with E-state index < -0.39 is 34.5 Å². The summed E-state index contributed by atoms with van der Waals surface area (Å²) in [6.45, 7) is -0.316. The molecule has 1 heterocycles. The number of fused-ring (bicyclic) bond motifs is 1. The molecule has 196 valence electrons. The molecule has 1 aliphatic rings. The molecule has 0 spiro atoms. The van der Waals surface area contributed by atoms with Gasteiger partial charge in [0, 0.05) is 7.05 Å². The van der Waals surface area contributed by atoms with Gasteiger partial charge in [-0.3, -0.25) is 18.7 Å². The predicted molar refractivity (Wildman–Crippen MR) is 129 cm³/mol. The number of carboxylic acids is 1. The Morgan fingerprint density at radius 2 is 1.78 bits per heavy atom. The average Bonchev–Trinajstić information content (AvgIpc) is 2.89. The van der Waals surface area contributed by atoms with Gasteiger partial charge in [0.15, 0.2) is 0 Å². The number of ether oxygens (including phenoxy) is 1. The molecule has 0 unspecified atom stereocenters. The van der Waals surface area contributed by atoms with Crippen LogP contribution in [0.3, 0.4) is 0 Å². The third kappa shape index (κ3) is 5.85. The Labute approximate surface area is 210 Å². The van der Waals surface area contributed by atoms with E-state index in [1.165, 1.54) is 38.8 Å². The van der Waals surface area contributed by atoms with Gasteiger partial charge in [-0.1, -0.05) is 37.5 Å². The van der Waals surface area contributed by atoms with Crippen molar-refractivity contribution in [2.75, 3.05) is 7.11 Å². The summed E-state index contributed by atoms with van der Waals surface area (Å²) in [4.78, 5) is 35.5. The monoisotopic (exact) mass is 517 g/mol. The maximum absolute atomic E-state index is 13.2. The zero-order valence-corrected chi connectivity index (χ0v) is 20.3. The molecule has 1 aromatic heterocycles. The second-order valence-corrected chi connectivity index (χ2v) is 8.71. The number of hydrogen-bond acceptors (Lipinski definition) is 5. The lowest BCUT2D eigenvalue weighted by Gasteiger charge is -2.16. The lowest BCUT2D eigenvalue weighted by Crippen LogP contribution is -2.38. The van der Waals surface area contributed by atoms with Gasteiger partial charge in [0.25, 0.3) is 5.56 Å². The fourth-order valence-corrected chi connectivity index (χ4v) is 4.44. The minimum Gasteiger partial charge on any atom is -0.496 e. The third-order valence-corrected chi connectivity index (χ3v) is 6.40. The smallest absolute Gasteiger partial charge is 0.417 e. The largest absolute Gasteiger partial charge is 0.496 e. The van der Waals surface area contributed by atoms with Gasteiger partial charge in [-0.15, -0.1) is 0 Å². The number of nitriles is 1. The fourth-order valence-electron chi connectivity index (χ4n) is 4.44. The van der Waals surface area contributed by atoms with Crippen molar-refractivity contribution >= 4 is 16.9 Å². The van der Waals surface area contributed by atoms with Crippen molar-refractivity contribution in [2.45, 2.75) is 44.8 Å². The van der Waals surface area contributed by atoms with E-state index in [0.29, 0.717) is 0 Å². The van der Waals surface area contributed by atoms with Crippen LogP contribution in [0, 0.1) is 17.2 Å². The van der Waals surface area contributed by atoms with Gasteiger partial charge >= 0.3 is 17.8 Å². The van der Waals surface area contributed by atoms with E-state index in [4.69, 9.17) is 9.84 Å². The number of alkyl halides is 3. The highest BCUT2D eigenvalue weighted by Gasteiger charge is 2.34. The average molecular weight is 518 g/mol. The molecule has 0 bridgehead atoms. The van der Waals surface area contributed by atoms with Crippen LogP contribution in [0.5, 0.6) is 5.75 Å². The molecule has 1 saturated carbocycles. The highest BCUT2D eigenvalue weighted by atomic mass is 19.4. The lowest BCUT2D eigenvalue weighted by atomic mass is 9.90. The molecule has 0 saturated heterocycles. The number of halogens is 3. The van der Waals surface area contributed by atoms with Crippen LogP contribution in [0.2, 0.25) is 0 Å². The summed E-state index contributed by atoms with van der Waals surface area (Å²) in [6.07, 6.45) is 0.531. The van der Waals surface area contributed by atoms with E-state index in [9.17, 15) is 32.8 Å². The quantitative estimate of drug-likeness (QED) is 0.552. The zero-order valence-electron chi connectivity index (χ0n) is 20.3. The maximum atomic E-state index is 13.2. The molecule has 8 nitrogen and oxygen atoms in total.